The normalized spacial score (nSPS) is 11.6. The first-order valence-corrected chi connectivity index (χ1v) is 6.03. The van der Waals surface area contributed by atoms with Crippen molar-refractivity contribution in [2.75, 3.05) is 0 Å². The van der Waals surface area contributed by atoms with Crippen LogP contribution in [0.5, 0.6) is 0 Å². The molecule has 0 aliphatic rings. The van der Waals surface area contributed by atoms with Crippen LogP contribution in [0.1, 0.15) is 29.9 Å². The number of carbonyl (C=O) groups excluding carboxylic acids is 1. The summed E-state index contributed by atoms with van der Waals surface area (Å²) in [7, 11) is 0. The van der Waals surface area contributed by atoms with Crippen LogP contribution in [0.2, 0.25) is 0 Å². The van der Waals surface area contributed by atoms with Gasteiger partial charge in [0.25, 0.3) is 0 Å². The molecule has 0 unspecified atom stereocenters. The Morgan fingerprint density at radius 3 is 2.50 bits per heavy atom. The molecule has 0 atom stereocenters. The van der Waals surface area contributed by atoms with Gasteiger partial charge in [0.15, 0.2) is 5.78 Å². The van der Waals surface area contributed by atoms with Gasteiger partial charge in [0, 0.05) is 6.92 Å². The van der Waals surface area contributed by atoms with Crippen LogP contribution in [0.4, 0.5) is 5.69 Å². The van der Waals surface area contributed by atoms with Crippen LogP contribution in [0.15, 0.2) is 47.5 Å². The fraction of sp³-hybridized carbons (Fsp3) is 0.200. The number of carbonyl (C=O) groups is 1. The Kier molecular flexibility index (Phi) is 3.72. The van der Waals surface area contributed by atoms with E-state index in [0.717, 1.165) is 17.7 Å². The van der Waals surface area contributed by atoms with Crippen molar-refractivity contribution in [1.29, 1.82) is 0 Å². The number of nitrogens with one attached hydrogen (secondary N) is 1. The Balaban J connectivity index is 2.51. The minimum absolute atomic E-state index is 0.0389. The van der Waals surface area contributed by atoms with E-state index in [1.165, 1.54) is 0 Å². The highest BCUT2D eigenvalue weighted by Gasteiger charge is 2.05. The second-order valence-electron chi connectivity index (χ2n) is 4.10. The molecule has 1 N–H and O–H groups in total. The zero-order valence-electron chi connectivity index (χ0n) is 10.6. The van der Waals surface area contributed by atoms with Gasteiger partial charge in [-0.3, -0.25) is 4.79 Å². The van der Waals surface area contributed by atoms with E-state index in [9.17, 15) is 4.79 Å². The highest BCUT2D eigenvalue weighted by molar-refractivity contribution is 5.93. The molecule has 0 aliphatic heterocycles. The predicted molar refractivity (Wildman–Crippen MR) is 71.8 cm³/mol. The van der Waals surface area contributed by atoms with Gasteiger partial charge in [-0.25, -0.2) is 4.99 Å². The zero-order valence-corrected chi connectivity index (χ0v) is 10.6. The SMILES string of the molecule is CCc1ccc(=Nc2ccccc2)[nH]c1C(C)=O. The standard InChI is InChI=1S/C15H16N2O/c1-3-12-9-10-14(17-15(12)11(2)18)16-13-7-5-4-6-8-13/h4-10H,3H2,1-2H3,(H,16,17). The number of aryl methyl sites for hydroxylation is 1. The highest BCUT2D eigenvalue weighted by atomic mass is 16.1. The largest absolute Gasteiger partial charge is 0.337 e. The van der Waals surface area contributed by atoms with Crippen LogP contribution in [0.25, 0.3) is 0 Å². The zero-order chi connectivity index (χ0) is 13.0. The van der Waals surface area contributed by atoms with Gasteiger partial charge in [0.1, 0.15) is 5.49 Å². The number of para-hydroxylation sites is 1. The summed E-state index contributed by atoms with van der Waals surface area (Å²) in [5.74, 6) is 0.0389. The van der Waals surface area contributed by atoms with Gasteiger partial charge in [0.05, 0.1) is 11.4 Å². The minimum atomic E-state index is 0.0389. The van der Waals surface area contributed by atoms with Crippen molar-refractivity contribution in [2.24, 2.45) is 4.99 Å². The monoisotopic (exact) mass is 240 g/mol. The van der Waals surface area contributed by atoms with Gasteiger partial charge in [-0.15, -0.1) is 0 Å². The third-order valence-electron chi connectivity index (χ3n) is 2.76. The summed E-state index contributed by atoms with van der Waals surface area (Å²) in [5.41, 5.74) is 3.24. The number of H-pyrrole nitrogens is 1. The van der Waals surface area contributed by atoms with Crippen LogP contribution < -0.4 is 5.49 Å². The number of benzene rings is 1. The third-order valence-corrected chi connectivity index (χ3v) is 2.76. The summed E-state index contributed by atoms with van der Waals surface area (Å²) in [6, 6.07) is 13.5. The molecule has 0 spiro atoms. The van der Waals surface area contributed by atoms with Crippen molar-refractivity contribution in [3.8, 4) is 0 Å². The number of nitrogens with zero attached hydrogens (tertiary/aromatic N) is 1. The number of ketones is 1. The Morgan fingerprint density at radius 2 is 1.89 bits per heavy atom. The molecule has 0 saturated heterocycles. The molecule has 1 heterocycles. The maximum atomic E-state index is 11.6. The average Bonchev–Trinajstić information content (AvgIpc) is 2.40. The Labute approximate surface area is 106 Å². The fourth-order valence-electron chi connectivity index (χ4n) is 1.83. The second kappa shape index (κ2) is 5.45. The van der Waals surface area contributed by atoms with Crippen LogP contribution in [-0.2, 0) is 6.42 Å². The smallest absolute Gasteiger partial charge is 0.176 e. The Hall–Kier alpha value is -2.16. The highest BCUT2D eigenvalue weighted by Crippen LogP contribution is 2.09. The summed E-state index contributed by atoms with van der Waals surface area (Å²) in [6.07, 6.45) is 0.830. The molecule has 92 valence electrons. The summed E-state index contributed by atoms with van der Waals surface area (Å²) in [4.78, 5) is 19.1. The van der Waals surface area contributed by atoms with Crippen molar-refractivity contribution in [3.63, 3.8) is 0 Å². The lowest BCUT2D eigenvalue weighted by Gasteiger charge is -2.04. The van der Waals surface area contributed by atoms with E-state index in [2.05, 4.69) is 9.98 Å². The Bertz CT molecular complexity index is 612. The fourth-order valence-corrected chi connectivity index (χ4v) is 1.83. The number of hydrogen-bond acceptors (Lipinski definition) is 2. The minimum Gasteiger partial charge on any atom is -0.337 e. The molecule has 0 fully saturated rings. The van der Waals surface area contributed by atoms with Crippen molar-refractivity contribution in [2.45, 2.75) is 20.3 Å². The predicted octanol–water partition coefficient (Wildman–Crippen LogP) is 3.01. The molecule has 1 aromatic carbocycles. The first-order valence-electron chi connectivity index (χ1n) is 6.03. The molecule has 0 aliphatic carbocycles. The molecular formula is C15H16N2O. The Morgan fingerprint density at radius 1 is 1.17 bits per heavy atom. The van der Waals surface area contributed by atoms with Crippen LogP contribution in [0, 0.1) is 0 Å². The molecular weight excluding hydrogens is 224 g/mol. The lowest BCUT2D eigenvalue weighted by atomic mass is 10.1. The maximum absolute atomic E-state index is 11.6. The van der Waals surface area contributed by atoms with E-state index in [4.69, 9.17) is 0 Å². The van der Waals surface area contributed by atoms with E-state index < -0.39 is 0 Å². The molecule has 3 nitrogen and oxygen atoms in total. The lowest BCUT2D eigenvalue weighted by Crippen LogP contribution is -2.14. The quantitative estimate of drug-likeness (QED) is 0.823. The number of aromatic nitrogens is 1. The number of pyridine rings is 1. The lowest BCUT2D eigenvalue weighted by molar-refractivity contribution is 0.101. The van der Waals surface area contributed by atoms with Crippen LogP contribution in [0.3, 0.4) is 0 Å². The number of hydrogen-bond donors (Lipinski definition) is 1. The van der Waals surface area contributed by atoms with Gasteiger partial charge in [0.2, 0.25) is 0 Å². The molecule has 2 aromatic rings. The van der Waals surface area contributed by atoms with Crippen molar-refractivity contribution in [3.05, 3.63) is 59.2 Å². The van der Waals surface area contributed by atoms with Gasteiger partial charge < -0.3 is 4.98 Å². The first kappa shape index (κ1) is 12.3. The van der Waals surface area contributed by atoms with Crippen LogP contribution in [-0.4, -0.2) is 10.8 Å². The second-order valence-corrected chi connectivity index (χ2v) is 4.10. The summed E-state index contributed by atoms with van der Waals surface area (Å²) in [6.45, 7) is 3.60. The van der Waals surface area contributed by atoms with Gasteiger partial charge in [-0.05, 0) is 30.2 Å². The summed E-state index contributed by atoms with van der Waals surface area (Å²) in [5, 5.41) is 0. The molecule has 0 bridgehead atoms. The first-order chi connectivity index (χ1) is 8.70. The van der Waals surface area contributed by atoms with Crippen molar-refractivity contribution >= 4 is 11.5 Å². The molecule has 0 saturated carbocycles. The summed E-state index contributed by atoms with van der Waals surface area (Å²) < 4.78 is 0. The van der Waals surface area contributed by atoms with E-state index in [-0.39, 0.29) is 5.78 Å². The summed E-state index contributed by atoms with van der Waals surface area (Å²) >= 11 is 0. The van der Waals surface area contributed by atoms with Crippen molar-refractivity contribution < 1.29 is 4.79 Å². The van der Waals surface area contributed by atoms with E-state index in [0.29, 0.717) is 11.2 Å². The molecule has 3 heteroatoms. The number of rotatable bonds is 3. The van der Waals surface area contributed by atoms with Crippen molar-refractivity contribution in [1.82, 2.24) is 4.98 Å². The topological polar surface area (TPSA) is 45.2 Å². The molecule has 1 aromatic heterocycles. The van der Waals surface area contributed by atoms with E-state index in [1.54, 1.807) is 6.92 Å². The van der Waals surface area contributed by atoms with Gasteiger partial charge >= 0.3 is 0 Å². The number of Topliss-reactive ketones (excluding diaryl/α,β-unsaturated/α-hetero) is 1. The molecule has 18 heavy (non-hydrogen) atoms. The average molecular weight is 240 g/mol. The van der Waals surface area contributed by atoms with Gasteiger partial charge in [-0.1, -0.05) is 31.2 Å². The number of aromatic amines is 1. The molecule has 2 rings (SSSR count). The van der Waals surface area contributed by atoms with E-state index in [1.807, 2.05) is 49.4 Å². The van der Waals surface area contributed by atoms with Gasteiger partial charge in [-0.2, -0.15) is 0 Å². The molecule has 0 radical (unpaired) electrons. The van der Waals surface area contributed by atoms with E-state index >= 15 is 0 Å². The maximum Gasteiger partial charge on any atom is 0.176 e. The molecule has 0 amide bonds. The third kappa shape index (κ3) is 2.74. The van der Waals surface area contributed by atoms with Crippen LogP contribution >= 0.6 is 0 Å².